The molecule has 0 atom stereocenters. The van der Waals surface area contributed by atoms with Gasteiger partial charge in [-0.25, -0.2) is 9.97 Å². The fourth-order valence-corrected chi connectivity index (χ4v) is 2.03. The average molecular weight is 219 g/mol. The molecule has 86 valence electrons. The number of rotatable bonds is 2. The van der Waals surface area contributed by atoms with Gasteiger partial charge in [-0.15, -0.1) is 0 Å². The van der Waals surface area contributed by atoms with Gasteiger partial charge in [0.15, 0.2) is 0 Å². The number of hydrogen-bond acceptors (Lipinski definition) is 3. The second-order valence-electron chi connectivity index (χ2n) is 4.33. The van der Waals surface area contributed by atoms with Crippen LogP contribution >= 0.6 is 0 Å². The number of amides is 1. The number of aromatic nitrogens is 2. The van der Waals surface area contributed by atoms with Gasteiger partial charge in [-0.2, -0.15) is 0 Å². The molecule has 1 aromatic heterocycles. The molecule has 0 unspecified atom stereocenters. The average Bonchev–Trinajstić information content (AvgIpc) is 2.31. The fraction of sp³-hybridized carbons (Fsp3) is 0.583. The highest BCUT2D eigenvalue weighted by atomic mass is 16.1. The zero-order valence-corrected chi connectivity index (χ0v) is 9.57. The molecule has 1 aliphatic rings. The van der Waals surface area contributed by atoms with Gasteiger partial charge in [0.25, 0.3) is 5.91 Å². The minimum atomic E-state index is -0.0492. The van der Waals surface area contributed by atoms with E-state index in [1.54, 1.807) is 12.4 Å². The summed E-state index contributed by atoms with van der Waals surface area (Å²) in [6, 6.07) is 0.336. The number of carbonyl (C=O) groups is 1. The molecule has 1 saturated carbocycles. The first-order valence-electron chi connectivity index (χ1n) is 5.85. The maximum absolute atomic E-state index is 11.8. The molecule has 4 heteroatoms. The summed E-state index contributed by atoms with van der Waals surface area (Å²) in [7, 11) is 0. The van der Waals surface area contributed by atoms with E-state index in [0.29, 0.717) is 17.4 Å². The van der Waals surface area contributed by atoms with Crippen molar-refractivity contribution in [2.45, 2.75) is 45.1 Å². The Morgan fingerprint density at radius 2 is 1.88 bits per heavy atom. The standard InChI is InChI=1S/C12H17N3O/c1-9-13-7-10(8-14-9)12(16)15-11-5-3-2-4-6-11/h7-8,11H,2-6H2,1H3,(H,15,16). The van der Waals surface area contributed by atoms with Crippen LogP contribution in [0.15, 0.2) is 12.4 Å². The van der Waals surface area contributed by atoms with Crippen LogP contribution in [0, 0.1) is 6.92 Å². The molecule has 1 fully saturated rings. The number of nitrogens with one attached hydrogen (secondary N) is 1. The highest BCUT2D eigenvalue weighted by Crippen LogP contribution is 2.17. The van der Waals surface area contributed by atoms with Gasteiger partial charge in [0.2, 0.25) is 0 Å². The molecule has 0 spiro atoms. The minimum Gasteiger partial charge on any atom is -0.349 e. The Kier molecular flexibility index (Phi) is 3.49. The summed E-state index contributed by atoms with van der Waals surface area (Å²) in [5.41, 5.74) is 0.552. The second kappa shape index (κ2) is 5.05. The predicted octanol–water partition coefficient (Wildman–Crippen LogP) is 1.85. The molecule has 0 saturated heterocycles. The van der Waals surface area contributed by atoms with Crippen LogP contribution in [-0.4, -0.2) is 21.9 Å². The highest BCUT2D eigenvalue weighted by Gasteiger charge is 2.16. The van der Waals surface area contributed by atoms with Crippen molar-refractivity contribution < 1.29 is 4.79 Å². The van der Waals surface area contributed by atoms with Crippen molar-refractivity contribution in [1.82, 2.24) is 15.3 Å². The van der Waals surface area contributed by atoms with Crippen LogP contribution in [0.4, 0.5) is 0 Å². The van der Waals surface area contributed by atoms with Crippen molar-refractivity contribution in [2.24, 2.45) is 0 Å². The first kappa shape index (κ1) is 11.0. The summed E-state index contributed by atoms with van der Waals surface area (Å²) in [5.74, 6) is 0.640. The summed E-state index contributed by atoms with van der Waals surface area (Å²) in [5, 5.41) is 3.04. The van der Waals surface area contributed by atoms with Gasteiger partial charge in [-0.3, -0.25) is 4.79 Å². The quantitative estimate of drug-likeness (QED) is 0.825. The van der Waals surface area contributed by atoms with Crippen LogP contribution in [0.25, 0.3) is 0 Å². The molecule has 2 rings (SSSR count). The Morgan fingerprint density at radius 1 is 1.25 bits per heavy atom. The number of nitrogens with zero attached hydrogens (tertiary/aromatic N) is 2. The monoisotopic (exact) mass is 219 g/mol. The Bertz CT molecular complexity index is 355. The third-order valence-electron chi connectivity index (χ3n) is 2.98. The SMILES string of the molecule is Cc1ncc(C(=O)NC2CCCCC2)cn1. The smallest absolute Gasteiger partial charge is 0.254 e. The Morgan fingerprint density at radius 3 is 2.50 bits per heavy atom. The molecule has 4 nitrogen and oxygen atoms in total. The van der Waals surface area contributed by atoms with E-state index in [9.17, 15) is 4.79 Å². The maximum atomic E-state index is 11.8. The van der Waals surface area contributed by atoms with E-state index in [0.717, 1.165) is 12.8 Å². The lowest BCUT2D eigenvalue weighted by atomic mass is 9.95. The predicted molar refractivity (Wildman–Crippen MR) is 61.1 cm³/mol. The van der Waals surface area contributed by atoms with Crippen molar-refractivity contribution in [3.05, 3.63) is 23.8 Å². The molecule has 16 heavy (non-hydrogen) atoms. The summed E-state index contributed by atoms with van der Waals surface area (Å²) in [6.45, 7) is 1.81. The zero-order chi connectivity index (χ0) is 11.4. The molecule has 1 aliphatic carbocycles. The normalized spacial score (nSPS) is 17.1. The lowest BCUT2D eigenvalue weighted by Gasteiger charge is -2.22. The highest BCUT2D eigenvalue weighted by molar-refractivity contribution is 5.93. The van der Waals surface area contributed by atoms with Crippen molar-refractivity contribution in [2.75, 3.05) is 0 Å². The maximum Gasteiger partial charge on any atom is 0.254 e. The molecule has 1 N–H and O–H groups in total. The number of aryl methyl sites for hydroxylation is 1. The van der Waals surface area contributed by atoms with Crippen molar-refractivity contribution in [3.63, 3.8) is 0 Å². The molecule has 0 bridgehead atoms. The lowest BCUT2D eigenvalue weighted by Crippen LogP contribution is -2.36. The molecule has 0 radical (unpaired) electrons. The van der Waals surface area contributed by atoms with Crippen LogP contribution < -0.4 is 5.32 Å². The van der Waals surface area contributed by atoms with Gasteiger partial charge >= 0.3 is 0 Å². The molecule has 1 heterocycles. The molecular weight excluding hydrogens is 202 g/mol. The van der Waals surface area contributed by atoms with E-state index in [1.807, 2.05) is 6.92 Å². The van der Waals surface area contributed by atoms with Gasteiger partial charge in [-0.1, -0.05) is 19.3 Å². The number of hydrogen-bond donors (Lipinski definition) is 1. The van der Waals surface area contributed by atoms with Crippen LogP contribution in [-0.2, 0) is 0 Å². The number of carbonyl (C=O) groups excluding carboxylic acids is 1. The van der Waals surface area contributed by atoms with Crippen LogP contribution in [0.1, 0.15) is 48.3 Å². The molecule has 0 aromatic carbocycles. The molecule has 0 aliphatic heterocycles. The summed E-state index contributed by atoms with van der Waals surface area (Å²) in [6.07, 6.45) is 9.09. The third-order valence-corrected chi connectivity index (χ3v) is 2.98. The minimum absolute atomic E-state index is 0.0492. The topological polar surface area (TPSA) is 54.9 Å². The summed E-state index contributed by atoms with van der Waals surface area (Å²) < 4.78 is 0. The lowest BCUT2D eigenvalue weighted by molar-refractivity contribution is 0.0927. The largest absolute Gasteiger partial charge is 0.349 e. The van der Waals surface area contributed by atoms with E-state index in [-0.39, 0.29) is 5.91 Å². The van der Waals surface area contributed by atoms with E-state index in [1.165, 1.54) is 19.3 Å². The second-order valence-corrected chi connectivity index (χ2v) is 4.33. The molecule has 1 aromatic rings. The summed E-state index contributed by atoms with van der Waals surface area (Å²) >= 11 is 0. The van der Waals surface area contributed by atoms with E-state index < -0.39 is 0 Å². The van der Waals surface area contributed by atoms with E-state index >= 15 is 0 Å². The van der Waals surface area contributed by atoms with Crippen molar-refractivity contribution >= 4 is 5.91 Å². The zero-order valence-electron chi connectivity index (χ0n) is 9.57. The van der Waals surface area contributed by atoms with Crippen LogP contribution in [0.3, 0.4) is 0 Å². The summed E-state index contributed by atoms with van der Waals surface area (Å²) in [4.78, 5) is 19.9. The van der Waals surface area contributed by atoms with Crippen LogP contribution in [0.5, 0.6) is 0 Å². The Hall–Kier alpha value is -1.45. The van der Waals surface area contributed by atoms with Gasteiger partial charge in [0, 0.05) is 18.4 Å². The van der Waals surface area contributed by atoms with Gasteiger partial charge in [-0.05, 0) is 19.8 Å². The first-order valence-corrected chi connectivity index (χ1v) is 5.85. The van der Waals surface area contributed by atoms with Gasteiger partial charge < -0.3 is 5.32 Å². The third kappa shape index (κ3) is 2.78. The first-order chi connectivity index (χ1) is 7.75. The molecule has 1 amide bonds. The van der Waals surface area contributed by atoms with E-state index in [4.69, 9.17) is 0 Å². The van der Waals surface area contributed by atoms with Crippen LogP contribution in [0.2, 0.25) is 0 Å². The van der Waals surface area contributed by atoms with Gasteiger partial charge in [0.1, 0.15) is 5.82 Å². The van der Waals surface area contributed by atoms with E-state index in [2.05, 4.69) is 15.3 Å². The van der Waals surface area contributed by atoms with Gasteiger partial charge in [0.05, 0.1) is 5.56 Å². The Labute approximate surface area is 95.5 Å². The van der Waals surface area contributed by atoms with Crippen molar-refractivity contribution in [3.8, 4) is 0 Å². The molecular formula is C12H17N3O. The van der Waals surface area contributed by atoms with Crippen molar-refractivity contribution in [1.29, 1.82) is 0 Å². The fourth-order valence-electron chi connectivity index (χ4n) is 2.03. The Balaban J connectivity index is 1.94.